The van der Waals surface area contributed by atoms with Gasteiger partial charge < -0.3 is 4.74 Å². The fraction of sp³-hybridized carbons (Fsp3) is 0.188. The largest absolute Gasteiger partial charge is 0.465 e. The highest BCUT2D eigenvalue weighted by Crippen LogP contribution is 2.17. The van der Waals surface area contributed by atoms with Crippen molar-refractivity contribution < 1.29 is 9.53 Å². The molecule has 2 aromatic rings. The molecule has 0 aliphatic heterocycles. The van der Waals surface area contributed by atoms with Gasteiger partial charge in [-0.1, -0.05) is 60.7 Å². The first-order valence-corrected chi connectivity index (χ1v) is 6.63. The first kappa shape index (κ1) is 15.3. The molecule has 0 fully saturated rings. The van der Waals surface area contributed by atoms with Crippen LogP contribution in [-0.4, -0.2) is 18.5 Å². The van der Waals surface area contributed by atoms with Crippen molar-refractivity contribution >= 4 is 17.6 Å². The fourth-order valence-electron chi connectivity index (χ4n) is 1.46. The molecule has 100 valence electrons. The Morgan fingerprint density at radius 3 is 1.63 bits per heavy atom. The highest BCUT2D eigenvalue weighted by atomic mass is 35.5. The van der Waals surface area contributed by atoms with Crippen LogP contribution in [0.4, 0.5) is 0 Å². The van der Waals surface area contributed by atoms with Gasteiger partial charge in [0.05, 0.1) is 6.61 Å². The van der Waals surface area contributed by atoms with Gasteiger partial charge in [0.25, 0.3) is 0 Å². The number of alkyl halides is 1. The first-order chi connectivity index (χ1) is 9.27. The monoisotopic (exact) mass is 276 g/mol. The molecule has 0 N–H and O–H groups in total. The number of esters is 1. The second-order valence-electron chi connectivity index (χ2n) is 3.67. The molecule has 0 spiro atoms. The minimum absolute atomic E-state index is 0.0478. The van der Waals surface area contributed by atoms with E-state index in [4.69, 9.17) is 11.6 Å². The highest BCUT2D eigenvalue weighted by molar-refractivity contribution is 6.26. The van der Waals surface area contributed by atoms with Gasteiger partial charge in [0.2, 0.25) is 0 Å². The first-order valence-electron chi connectivity index (χ1n) is 6.10. The molecule has 0 aromatic heterocycles. The summed E-state index contributed by atoms with van der Waals surface area (Å²) in [7, 11) is 0. The summed E-state index contributed by atoms with van der Waals surface area (Å²) in [6, 6.07) is 20.8. The number of carbonyl (C=O) groups is 1. The zero-order chi connectivity index (χ0) is 13.9. The van der Waals surface area contributed by atoms with E-state index >= 15 is 0 Å². The molecule has 0 unspecified atom stereocenters. The SMILES string of the molecule is CCOC(=O)CCl.c1ccc(-c2ccccc2)cc1. The van der Waals surface area contributed by atoms with Crippen molar-refractivity contribution in [2.75, 3.05) is 12.5 Å². The summed E-state index contributed by atoms with van der Waals surface area (Å²) in [5.41, 5.74) is 2.55. The van der Waals surface area contributed by atoms with Crippen molar-refractivity contribution in [3.8, 4) is 11.1 Å². The Bertz CT molecular complexity index is 431. The fourth-order valence-corrected chi connectivity index (χ4v) is 1.54. The third-order valence-electron chi connectivity index (χ3n) is 2.30. The molecule has 0 radical (unpaired) electrons. The lowest BCUT2D eigenvalue weighted by Crippen LogP contribution is -2.03. The number of hydrogen-bond acceptors (Lipinski definition) is 2. The third kappa shape index (κ3) is 6.07. The Balaban J connectivity index is 0.000000224. The van der Waals surface area contributed by atoms with Gasteiger partial charge >= 0.3 is 5.97 Å². The van der Waals surface area contributed by atoms with E-state index in [-0.39, 0.29) is 11.8 Å². The topological polar surface area (TPSA) is 26.3 Å². The molecule has 2 aromatic carbocycles. The summed E-state index contributed by atoms with van der Waals surface area (Å²) < 4.78 is 4.42. The standard InChI is InChI=1S/C12H10.C4H7ClO2/c1-3-7-11(8-4-1)12-9-5-2-6-10-12;1-2-7-4(6)3-5/h1-10H;2-3H2,1H3. The molecular weight excluding hydrogens is 260 g/mol. The van der Waals surface area contributed by atoms with Crippen molar-refractivity contribution in [1.29, 1.82) is 0 Å². The van der Waals surface area contributed by atoms with Crippen LogP contribution in [0, 0.1) is 0 Å². The maximum atomic E-state index is 10.1. The quantitative estimate of drug-likeness (QED) is 0.622. The zero-order valence-corrected chi connectivity index (χ0v) is 11.6. The lowest BCUT2D eigenvalue weighted by molar-refractivity contribution is -0.140. The number of hydrogen-bond donors (Lipinski definition) is 0. The second-order valence-corrected chi connectivity index (χ2v) is 3.94. The minimum Gasteiger partial charge on any atom is -0.465 e. The van der Waals surface area contributed by atoms with Crippen LogP contribution >= 0.6 is 11.6 Å². The van der Waals surface area contributed by atoms with E-state index in [9.17, 15) is 4.79 Å². The van der Waals surface area contributed by atoms with Crippen molar-refractivity contribution in [2.24, 2.45) is 0 Å². The van der Waals surface area contributed by atoms with E-state index in [1.165, 1.54) is 11.1 Å². The summed E-state index contributed by atoms with van der Waals surface area (Å²) >= 11 is 5.06. The molecular formula is C16H17ClO2. The summed E-state index contributed by atoms with van der Waals surface area (Å²) in [6.45, 7) is 2.15. The molecule has 0 saturated heterocycles. The van der Waals surface area contributed by atoms with Crippen LogP contribution in [0.25, 0.3) is 11.1 Å². The van der Waals surface area contributed by atoms with Gasteiger partial charge in [0.15, 0.2) is 0 Å². The Morgan fingerprint density at radius 2 is 1.37 bits per heavy atom. The van der Waals surface area contributed by atoms with Gasteiger partial charge in [-0.25, -0.2) is 0 Å². The van der Waals surface area contributed by atoms with Gasteiger partial charge in [-0.05, 0) is 18.1 Å². The zero-order valence-electron chi connectivity index (χ0n) is 10.9. The van der Waals surface area contributed by atoms with Crippen LogP contribution in [0.2, 0.25) is 0 Å². The molecule has 0 saturated carbocycles. The molecule has 0 amide bonds. The molecule has 3 heteroatoms. The molecule has 2 rings (SSSR count). The van der Waals surface area contributed by atoms with Gasteiger partial charge in [0.1, 0.15) is 5.88 Å². The predicted molar refractivity (Wildman–Crippen MR) is 79.2 cm³/mol. The average molecular weight is 277 g/mol. The number of rotatable bonds is 3. The molecule has 0 aliphatic carbocycles. The molecule has 0 aliphatic rings. The van der Waals surface area contributed by atoms with E-state index in [1.54, 1.807) is 6.92 Å². The molecule has 19 heavy (non-hydrogen) atoms. The molecule has 0 atom stereocenters. The van der Waals surface area contributed by atoms with Gasteiger partial charge in [-0.3, -0.25) is 4.79 Å². The van der Waals surface area contributed by atoms with Crippen LogP contribution in [0.5, 0.6) is 0 Å². The summed E-state index contributed by atoms with van der Waals surface area (Å²) in [5.74, 6) is -0.405. The van der Waals surface area contributed by atoms with Crippen molar-refractivity contribution in [1.82, 2.24) is 0 Å². The smallest absolute Gasteiger partial charge is 0.320 e. The van der Waals surface area contributed by atoms with Gasteiger partial charge in [0, 0.05) is 0 Å². The maximum Gasteiger partial charge on any atom is 0.320 e. The van der Waals surface area contributed by atoms with E-state index in [0.29, 0.717) is 6.61 Å². The summed E-state index contributed by atoms with van der Waals surface area (Å²) in [6.07, 6.45) is 0. The van der Waals surface area contributed by atoms with Crippen molar-refractivity contribution in [2.45, 2.75) is 6.92 Å². The number of ether oxygens (including phenoxy) is 1. The lowest BCUT2D eigenvalue weighted by atomic mass is 10.1. The van der Waals surface area contributed by atoms with Crippen molar-refractivity contribution in [3.63, 3.8) is 0 Å². The average Bonchev–Trinajstić information content (AvgIpc) is 2.50. The second kappa shape index (κ2) is 9.17. The normalized spacial score (nSPS) is 9.16. The van der Waals surface area contributed by atoms with Crippen LogP contribution in [-0.2, 0) is 9.53 Å². The Labute approximate surface area is 119 Å². The predicted octanol–water partition coefficient (Wildman–Crippen LogP) is 4.14. The van der Waals surface area contributed by atoms with E-state index in [1.807, 2.05) is 12.1 Å². The summed E-state index contributed by atoms with van der Waals surface area (Å²) in [5, 5.41) is 0. The number of halogens is 1. The lowest BCUT2D eigenvalue weighted by Gasteiger charge is -1.98. The van der Waals surface area contributed by atoms with Gasteiger partial charge in [-0.15, -0.1) is 11.6 Å². The number of carbonyl (C=O) groups excluding carboxylic acids is 1. The maximum absolute atomic E-state index is 10.1. The van der Waals surface area contributed by atoms with Crippen LogP contribution < -0.4 is 0 Å². The van der Waals surface area contributed by atoms with E-state index in [2.05, 4.69) is 53.3 Å². The molecule has 2 nitrogen and oxygen atoms in total. The van der Waals surface area contributed by atoms with E-state index < -0.39 is 0 Å². The number of benzene rings is 2. The van der Waals surface area contributed by atoms with Crippen LogP contribution in [0.1, 0.15) is 6.92 Å². The van der Waals surface area contributed by atoms with E-state index in [0.717, 1.165) is 0 Å². The van der Waals surface area contributed by atoms with Gasteiger partial charge in [-0.2, -0.15) is 0 Å². The molecule has 0 heterocycles. The highest BCUT2D eigenvalue weighted by Gasteiger charge is 1.93. The Hall–Kier alpha value is -1.80. The third-order valence-corrected chi connectivity index (χ3v) is 2.51. The molecule has 0 bridgehead atoms. The minimum atomic E-state index is -0.357. The van der Waals surface area contributed by atoms with Crippen LogP contribution in [0.3, 0.4) is 0 Å². The van der Waals surface area contributed by atoms with Crippen molar-refractivity contribution in [3.05, 3.63) is 60.7 Å². The Kier molecular flexibility index (Phi) is 7.37. The summed E-state index contributed by atoms with van der Waals surface area (Å²) in [4.78, 5) is 10.1. The Morgan fingerprint density at radius 1 is 0.947 bits per heavy atom. The van der Waals surface area contributed by atoms with Crippen LogP contribution in [0.15, 0.2) is 60.7 Å².